The highest BCUT2D eigenvalue weighted by atomic mass is 32.1. The maximum absolute atomic E-state index is 12.1. The number of ether oxygens (including phenoxy) is 1. The minimum atomic E-state index is -0.415. The van der Waals surface area contributed by atoms with E-state index in [1.807, 2.05) is 18.2 Å². The molecule has 22 heavy (non-hydrogen) atoms. The van der Waals surface area contributed by atoms with Crippen LogP contribution >= 0.6 is 11.3 Å². The van der Waals surface area contributed by atoms with Gasteiger partial charge in [0.15, 0.2) is 5.13 Å². The van der Waals surface area contributed by atoms with Crippen molar-refractivity contribution in [3.05, 3.63) is 46.4 Å². The largest absolute Gasteiger partial charge is 0.497 e. The maximum Gasteiger partial charge on any atom is 0.277 e. The number of hydrogen-bond acceptors (Lipinski definition) is 6. The average Bonchev–Trinajstić information content (AvgIpc) is 2.90. The fourth-order valence-electron chi connectivity index (χ4n) is 1.87. The van der Waals surface area contributed by atoms with E-state index in [0.717, 1.165) is 20.6 Å². The van der Waals surface area contributed by atoms with E-state index < -0.39 is 5.91 Å². The minimum absolute atomic E-state index is 0.152. The standard InChI is InChI=1S/C14H12N4O3S/c1-18-12(19)6-5-10(17-18)13(20)16-14-15-9-4-3-8(21-2)7-11(9)22-14/h3-7H,1-2H3,(H,15,16,20). The summed E-state index contributed by atoms with van der Waals surface area (Å²) in [6.07, 6.45) is 0. The molecule has 0 unspecified atom stereocenters. The number of fused-ring (bicyclic) bond motifs is 1. The molecule has 1 amide bonds. The summed E-state index contributed by atoms with van der Waals surface area (Å²) in [5.41, 5.74) is 0.650. The molecule has 0 aliphatic rings. The second-order valence-electron chi connectivity index (χ2n) is 4.49. The van der Waals surface area contributed by atoms with Crippen LogP contribution in [0.2, 0.25) is 0 Å². The Bertz CT molecular complexity index is 916. The SMILES string of the molecule is COc1ccc2nc(NC(=O)c3ccc(=O)n(C)n3)sc2c1. The summed E-state index contributed by atoms with van der Waals surface area (Å²) in [6.45, 7) is 0. The Kier molecular flexibility index (Phi) is 3.60. The lowest BCUT2D eigenvalue weighted by Crippen LogP contribution is -2.23. The zero-order chi connectivity index (χ0) is 15.7. The predicted molar refractivity (Wildman–Crippen MR) is 83.6 cm³/mol. The summed E-state index contributed by atoms with van der Waals surface area (Å²) in [4.78, 5) is 27.7. The third-order valence-corrected chi connectivity index (χ3v) is 3.94. The summed E-state index contributed by atoms with van der Waals surface area (Å²) >= 11 is 1.34. The number of anilines is 1. The summed E-state index contributed by atoms with van der Waals surface area (Å²) in [7, 11) is 3.08. The molecule has 0 fully saturated rings. The van der Waals surface area contributed by atoms with Gasteiger partial charge in [-0.2, -0.15) is 5.10 Å². The van der Waals surface area contributed by atoms with Crippen molar-refractivity contribution in [3.63, 3.8) is 0 Å². The Morgan fingerprint density at radius 2 is 2.14 bits per heavy atom. The number of rotatable bonds is 3. The van der Waals surface area contributed by atoms with Crippen LogP contribution < -0.4 is 15.6 Å². The van der Waals surface area contributed by atoms with E-state index in [1.54, 1.807) is 7.11 Å². The molecular formula is C14H12N4O3S. The van der Waals surface area contributed by atoms with Crippen LogP contribution in [0.1, 0.15) is 10.5 Å². The molecule has 8 heteroatoms. The van der Waals surface area contributed by atoms with Crippen molar-refractivity contribution in [1.29, 1.82) is 0 Å². The van der Waals surface area contributed by atoms with E-state index in [2.05, 4.69) is 15.4 Å². The third-order valence-electron chi connectivity index (χ3n) is 3.01. The molecule has 112 valence electrons. The van der Waals surface area contributed by atoms with E-state index in [-0.39, 0.29) is 11.3 Å². The van der Waals surface area contributed by atoms with Crippen molar-refractivity contribution >= 4 is 32.6 Å². The van der Waals surface area contributed by atoms with Gasteiger partial charge in [0.05, 0.1) is 17.3 Å². The van der Waals surface area contributed by atoms with Gasteiger partial charge >= 0.3 is 0 Å². The van der Waals surface area contributed by atoms with Crippen LogP contribution in [0.25, 0.3) is 10.2 Å². The number of aryl methyl sites for hydroxylation is 1. The molecule has 0 aliphatic carbocycles. The molecule has 0 spiro atoms. The number of hydrogen-bond donors (Lipinski definition) is 1. The molecular weight excluding hydrogens is 304 g/mol. The summed E-state index contributed by atoms with van der Waals surface area (Å²) in [5, 5.41) is 7.04. The topological polar surface area (TPSA) is 86.1 Å². The van der Waals surface area contributed by atoms with Gasteiger partial charge in [0.25, 0.3) is 11.5 Å². The Morgan fingerprint density at radius 1 is 1.32 bits per heavy atom. The van der Waals surface area contributed by atoms with Crippen LogP contribution in [0.3, 0.4) is 0 Å². The molecule has 3 aromatic rings. The van der Waals surface area contributed by atoms with Crippen LogP contribution in [0.15, 0.2) is 35.1 Å². The van der Waals surface area contributed by atoms with Gasteiger partial charge in [0.1, 0.15) is 11.4 Å². The van der Waals surface area contributed by atoms with Crippen molar-refractivity contribution in [2.75, 3.05) is 12.4 Å². The molecule has 0 radical (unpaired) electrons. The lowest BCUT2D eigenvalue weighted by molar-refractivity contribution is 0.102. The van der Waals surface area contributed by atoms with Crippen molar-refractivity contribution in [1.82, 2.24) is 14.8 Å². The average molecular weight is 316 g/mol. The zero-order valence-electron chi connectivity index (χ0n) is 11.9. The van der Waals surface area contributed by atoms with Crippen molar-refractivity contribution in [2.45, 2.75) is 0 Å². The first kappa shape index (κ1) is 14.2. The Labute approximate surface area is 129 Å². The van der Waals surface area contributed by atoms with E-state index in [4.69, 9.17) is 4.74 Å². The molecule has 3 rings (SSSR count). The first-order chi connectivity index (χ1) is 10.6. The highest BCUT2D eigenvalue weighted by Gasteiger charge is 2.12. The van der Waals surface area contributed by atoms with E-state index in [9.17, 15) is 9.59 Å². The van der Waals surface area contributed by atoms with E-state index in [0.29, 0.717) is 5.13 Å². The lowest BCUT2D eigenvalue weighted by Gasteiger charge is -2.01. The fraction of sp³-hybridized carbons (Fsp3) is 0.143. The maximum atomic E-state index is 12.1. The quantitative estimate of drug-likeness (QED) is 0.794. The number of carbonyl (C=O) groups is 1. The first-order valence-electron chi connectivity index (χ1n) is 6.37. The van der Waals surface area contributed by atoms with Gasteiger partial charge < -0.3 is 4.74 Å². The van der Waals surface area contributed by atoms with Gasteiger partial charge in [0, 0.05) is 13.1 Å². The minimum Gasteiger partial charge on any atom is -0.497 e. The molecule has 0 atom stereocenters. The number of carbonyl (C=O) groups excluding carboxylic acids is 1. The van der Waals surface area contributed by atoms with E-state index in [1.165, 1.54) is 30.5 Å². The molecule has 1 N–H and O–H groups in total. The van der Waals surface area contributed by atoms with Gasteiger partial charge in [-0.05, 0) is 24.3 Å². The lowest BCUT2D eigenvalue weighted by atomic mass is 10.3. The van der Waals surface area contributed by atoms with Gasteiger partial charge in [-0.3, -0.25) is 14.9 Å². The van der Waals surface area contributed by atoms with Gasteiger partial charge in [-0.25, -0.2) is 9.67 Å². The smallest absolute Gasteiger partial charge is 0.277 e. The number of methoxy groups -OCH3 is 1. The predicted octanol–water partition coefficient (Wildman–Crippen LogP) is 1.65. The molecule has 0 saturated carbocycles. The van der Waals surface area contributed by atoms with Crippen LogP contribution in [-0.2, 0) is 7.05 Å². The first-order valence-corrected chi connectivity index (χ1v) is 7.19. The summed E-state index contributed by atoms with van der Waals surface area (Å²) in [5.74, 6) is 0.315. The Balaban J connectivity index is 1.87. The zero-order valence-corrected chi connectivity index (χ0v) is 12.7. The highest BCUT2D eigenvalue weighted by Crippen LogP contribution is 2.29. The number of aromatic nitrogens is 3. The van der Waals surface area contributed by atoms with Crippen molar-refractivity contribution < 1.29 is 9.53 Å². The normalized spacial score (nSPS) is 10.6. The summed E-state index contributed by atoms with van der Waals surface area (Å²) in [6, 6.07) is 8.17. The molecule has 0 bridgehead atoms. The molecule has 1 aromatic carbocycles. The fourth-order valence-corrected chi connectivity index (χ4v) is 2.76. The molecule has 0 aliphatic heterocycles. The second-order valence-corrected chi connectivity index (χ2v) is 5.52. The molecule has 2 aromatic heterocycles. The number of nitrogens with zero attached hydrogens (tertiary/aromatic N) is 3. The second kappa shape index (κ2) is 5.57. The molecule has 7 nitrogen and oxygen atoms in total. The molecule has 0 saturated heterocycles. The van der Waals surface area contributed by atoms with E-state index >= 15 is 0 Å². The Morgan fingerprint density at radius 3 is 2.86 bits per heavy atom. The van der Waals surface area contributed by atoms with Gasteiger partial charge in [-0.1, -0.05) is 11.3 Å². The number of thiazole rings is 1. The summed E-state index contributed by atoms with van der Waals surface area (Å²) < 4.78 is 7.17. The van der Waals surface area contributed by atoms with Crippen molar-refractivity contribution in [3.8, 4) is 5.75 Å². The number of benzene rings is 1. The van der Waals surface area contributed by atoms with Gasteiger partial charge in [0.2, 0.25) is 0 Å². The van der Waals surface area contributed by atoms with Crippen LogP contribution in [0, 0.1) is 0 Å². The Hall–Kier alpha value is -2.74. The van der Waals surface area contributed by atoms with Crippen LogP contribution in [0.4, 0.5) is 5.13 Å². The van der Waals surface area contributed by atoms with Crippen molar-refractivity contribution in [2.24, 2.45) is 7.05 Å². The monoisotopic (exact) mass is 316 g/mol. The van der Waals surface area contributed by atoms with Crippen LogP contribution in [-0.4, -0.2) is 27.8 Å². The molecule has 2 heterocycles. The third kappa shape index (κ3) is 2.68. The van der Waals surface area contributed by atoms with Gasteiger partial charge in [-0.15, -0.1) is 0 Å². The number of amides is 1. The number of nitrogens with one attached hydrogen (secondary N) is 1. The van der Waals surface area contributed by atoms with Crippen LogP contribution in [0.5, 0.6) is 5.75 Å². The highest BCUT2D eigenvalue weighted by molar-refractivity contribution is 7.22.